The largest absolute Gasteiger partial charge is 0.508 e. The minimum Gasteiger partial charge on any atom is -0.508 e. The van der Waals surface area contributed by atoms with Gasteiger partial charge in [-0.1, -0.05) is 77.1 Å². The topological polar surface area (TPSA) is 104 Å². The van der Waals surface area contributed by atoms with Gasteiger partial charge in [-0.15, -0.1) is 6.58 Å². The summed E-state index contributed by atoms with van der Waals surface area (Å²) < 4.78 is 0. The highest BCUT2D eigenvalue weighted by molar-refractivity contribution is 6.02. The first kappa shape index (κ1) is 29.8. The van der Waals surface area contributed by atoms with E-state index in [1.165, 1.54) is 12.1 Å². The molecule has 6 nitrogen and oxygen atoms in total. The van der Waals surface area contributed by atoms with Crippen LogP contribution in [0.25, 0.3) is 0 Å². The first-order valence-corrected chi connectivity index (χ1v) is 12.9. The molecule has 2 unspecified atom stereocenters. The van der Waals surface area contributed by atoms with Crippen LogP contribution in [0.5, 0.6) is 5.75 Å². The smallest absolute Gasteiger partial charge is 0.307 e. The summed E-state index contributed by atoms with van der Waals surface area (Å²) in [5, 5.41) is 22.5. The predicted octanol–water partition coefficient (Wildman–Crippen LogP) is 5.93. The summed E-state index contributed by atoms with van der Waals surface area (Å²) >= 11 is 0. The number of phenols is 1. The van der Waals surface area contributed by atoms with E-state index in [1.807, 2.05) is 26.0 Å². The normalized spacial score (nSPS) is 14.0. The second-order valence-electron chi connectivity index (χ2n) is 11.2. The van der Waals surface area contributed by atoms with Gasteiger partial charge in [-0.25, -0.2) is 0 Å². The molecule has 0 fully saturated rings. The Bertz CT molecular complexity index is 1060. The fourth-order valence-corrected chi connectivity index (χ4v) is 4.45. The molecule has 0 aromatic heterocycles. The number of aliphatic carboxylic acids is 1. The Morgan fingerprint density at radius 2 is 1.57 bits per heavy atom. The van der Waals surface area contributed by atoms with Gasteiger partial charge in [0.25, 0.3) is 0 Å². The average Bonchev–Trinajstić information content (AvgIpc) is 2.83. The maximum absolute atomic E-state index is 13.6. The standard InChI is InChI=1S/C31H41NO5/c1-7-8-9-25(30(36)37)26(18-20(2)3)29(35)32-27(19-21-10-16-24(33)17-11-21)28(34)22-12-14-23(15-13-22)31(4,5)6/h7,10-17,20,25-27,33H,1,8-9,18-19H2,2-6H3,(H,32,35)(H,36,37)/t25-,26?,27?/m0/s1. The monoisotopic (exact) mass is 507 g/mol. The Morgan fingerprint density at radius 1 is 0.973 bits per heavy atom. The summed E-state index contributed by atoms with van der Waals surface area (Å²) in [6, 6.07) is 13.0. The number of carbonyl (C=O) groups is 3. The second kappa shape index (κ2) is 13.2. The molecular formula is C31H41NO5. The number of amides is 1. The van der Waals surface area contributed by atoms with Gasteiger partial charge in [-0.3, -0.25) is 14.4 Å². The fourth-order valence-electron chi connectivity index (χ4n) is 4.45. The van der Waals surface area contributed by atoms with E-state index < -0.39 is 29.8 Å². The third-order valence-electron chi connectivity index (χ3n) is 6.59. The third-order valence-corrected chi connectivity index (χ3v) is 6.59. The van der Waals surface area contributed by atoms with Gasteiger partial charge in [-0.2, -0.15) is 0 Å². The molecule has 0 aliphatic heterocycles. The van der Waals surface area contributed by atoms with Crippen molar-refractivity contribution in [3.63, 3.8) is 0 Å². The SMILES string of the molecule is C=CCC[C@H](C(=O)O)C(CC(C)C)C(=O)NC(Cc1ccc(O)cc1)C(=O)c1ccc(C(C)(C)C)cc1. The number of nitrogens with one attached hydrogen (secondary N) is 1. The number of allylic oxidation sites excluding steroid dienone is 1. The van der Waals surface area contributed by atoms with Crippen molar-refractivity contribution in [1.29, 1.82) is 0 Å². The van der Waals surface area contributed by atoms with Gasteiger partial charge in [0.2, 0.25) is 5.91 Å². The Hall–Kier alpha value is -3.41. The fraction of sp³-hybridized carbons (Fsp3) is 0.452. The zero-order chi connectivity index (χ0) is 27.8. The molecule has 37 heavy (non-hydrogen) atoms. The van der Waals surface area contributed by atoms with Crippen molar-refractivity contribution >= 4 is 17.7 Å². The molecule has 1 amide bonds. The number of Topliss-reactive ketones (excluding diaryl/α,β-unsaturated/α-hetero) is 1. The van der Waals surface area contributed by atoms with Crippen LogP contribution in [0, 0.1) is 17.8 Å². The molecule has 2 rings (SSSR count). The van der Waals surface area contributed by atoms with Crippen LogP contribution in [0.1, 0.15) is 75.4 Å². The van der Waals surface area contributed by atoms with Crippen molar-refractivity contribution in [1.82, 2.24) is 5.32 Å². The number of carbonyl (C=O) groups excluding carboxylic acids is 2. The van der Waals surface area contributed by atoms with Crippen molar-refractivity contribution in [3.8, 4) is 5.75 Å². The summed E-state index contributed by atoms with van der Waals surface area (Å²) in [7, 11) is 0. The van der Waals surface area contributed by atoms with Crippen molar-refractivity contribution in [3.05, 3.63) is 77.9 Å². The molecule has 0 saturated carbocycles. The van der Waals surface area contributed by atoms with Crippen LogP contribution in [0.4, 0.5) is 0 Å². The number of aromatic hydroxyl groups is 1. The molecule has 3 N–H and O–H groups in total. The van der Waals surface area contributed by atoms with Gasteiger partial charge in [0, 0.05) is 12.0 Å². The number of benzene rings is 2. The minimum absolute atomic E-state index is 0.0669. The van der Waals surface area contributed by atoms with Crippen molar-refractivity contribution in [2.75, 3.05) is 0 Å². The average molecular weight is 508 g/mol. The molecule has 0 heterocycles. The number of rotatable bonds is 13. The van der Waals surface area contributed by atoms with Crippen molar-refractivity contribution in [2.24, 2.45) is 17.8 Å². The maximum Gasteiger partial charge on any atom is 0.307 e. The highest BCUT2D eigenvalue weighted by atomic mass is 16.4. The van der Waals surface area contributed by atoms with E-state index in [9.17, 15) is 24.6 Å². The molecule has 0 saturated heterocycles. The van der Waals surface area contributed by atoms with Gasteiger partial charge < -0.3 is 15.5 Å². The summed E-state index contributed by atoms with van der Waals surface area (Å²) in [6.45, 7) is 13.9. The lowest BCUT2D eigenvalue weighted by Gasteiger charge is -2.27. The van der Waals surface area contributed by atoms with Crippen LogP contribution in [0.2, 0.25) is 0 Å². The van der Waals surface area contributed by atoms with Crippen molar-refractivity contribution < 1.29 is 24.6 Å². The molecule has 0 aliphatic carbocycles. The molecule has 3 atom stereocenters. The molecule has 2 aromatic rings. The first-order valence-electron chi connectivity index (χ1n) is 12.9. The predicted molar refractivity (Wildman–Crippen MR) is 147 cm³/mol. The summed E-state index contributed by atoms with van der Waals surface area (Å²) in [6.07, 6.45) is 3.03. The van der Waals surface area contributed by atoms with E-state index in [0.717, 1.165) is 11.1 Å². The molecule has 0 radical (unpaired) electrons. The van der Waals surface area contributed by atoms with Gasteiger partial charge in [0.05, 0.1) is 17.9 Å². The number of phenolic OH excluding ortho intramolecular Hbond substituents is 1. The van der Waals surface area contributed by atoms with E-state index >= 15 is 0 Å². The van der Waals surface area contributed by atoms with Gasteiger partial charge >= 0.3 is 5.97 Å². The number of carboxylic acid groups (broad SMARTS) is 1. The summed E-state index contributed by atoms with van der Waals surface area (Å²) in [5.74, 6) is -3.17. The lowest BCUT2D eigenvalue weighted by molar-refractivity contribution is -0.148. The van der Waals surface area contributed by atoms with E-state index in [2.05, 4.69) is 32.7 Å². The summed E-state index contributed by atoms with van der Waals surface area (Å²) in [5.41, 5.74) is 2.26. The number of hydrogen-bond acceptors (Lipinski definition) is 4. The zero-order valence-corrected chi connectivity index (χ0v) is 22.7. The Labute approximate surface area is 220 Å². The minimum atomic E-state index is -1.03. The molecule has 0 aliphatic rings. The van der Waals surface area contributed by atoms with Gasteiger partial charge in [0.1, 0.15) is 5.75 Å². The number of hydrogen-bond donors (Lipinski definition) is 3. The molecule has 0 bridgehead atoms. The number of carboxylic acids is 1. The van der Waals surface area contributed by atoms with Crippen LogP contribution in [0.3, 0.4) is 0 Å². The van der Waals surface area contributed by atoms with Crippen LogP contribution in [-0.4, -0.2) is 33.9 Å². The zero-order valence-electron chi connectivity index (χ0n) is 22.7. The molecule has 2 aromatic carbocycles. The van der Waals surface area contributed by atoms with Crippen LogP contribution in [0.15, 0.2) is 61.2 Å². The third kappa shape index (κ3) is 8.88. The Morgan fingerprint density at radius 3 is 2.05 bits per heavy atom. The molecule has 0 spiro atoms. The first-order chi connectivity index (χ1) is 17.3. The van der Waals surface area contributed by atoms with Crippen LogP contribution in [-0.2, 0) is 21.4 Å². The van der Waals surface area contributed by atoms with Crippen molar-refractivity contribution in [2.45, 2.75) is 71.8 Å². The van der Waals surface area contributed by atoms with E-state index in [1.54, 1.807) is 30.3 Å². The number of ketones is 1. The van der Waals surface area contributed by atoms with Gasteiger partial charge in [0.15, 0.2) is 5.78 Å². The highest BCUT2D eigenvalue weighted by Gasteiger charge is 2.35. The molecule has 200 valence electrons. The van der Waals surface area contributed by atoms with E-state index in [4.69, 9.17) is 0 Å². The second-order valence-corrected chi connectivity index (χ2v) is 11.2. The Balaban J connectivity index is 2.40. The Kier molecular flexibility index (Phi) is 10.7. The quantitative estimate of drug-likeness (QED) is 0.230. The highest BCUT2D eigenvalue weighted by Crippen LogP contribution is 2.27. The van der Waals surface area contributed by atoms with Crippen LogP contribution < -0.4 is 5.32 Å². The maximum atomic E-state index is 13.6. The van der Waals surface area contributed by atoms with E-state index in [-0.39, 0.29) is 29.3 Å². The van der Waals surface area contributed by atoms with Gasteiger partial charge in [-0.05, 0) is 53.9 Å². The summed E-state index contributed by atoms with van der Waals surface area (Å²) in [4.78, 5) is 39.3. The van der Waals surface area contributed by atoms with Crippen LogP contribution >= 0.6 is 0 Å². The molecular weight excluding hydrogens is 466 g/mol. The lowest BCUT2D eigenvalue weighted by Crippen LogP contribution is -2.47. The lowest BCUT2D eigenvalue weighted by atomic mass is 9.81. The molecule has 6 heteroatoms. The van der Waals surface area contributed by atoms with E-state index in [0.29, 0.717) is 24.8 Å².